The van der Waals surface area contributed by atoms with E-state index in [1.165, 1.54) is 24.2 Å². The molecule has 2 rings (SSSR count). The van der Waals surface area contributed by atoms with Gasteiger partial charge < -0.3 is 15.7 Å². The molecule has 0 aromatic carbocycles. The van der Waals surface area contributed by atoms with Gasteiger partial charge in [0, 0.05) is 30.5 Å². The van der Waals surface area contributed by atoms with Gasteiger partial charge >= 0.3 is 0 Å². The highest BCUT2D eigenvalue weighted by molar-refractivity contribution is 7.08. The van der Waals surface area contributed by atoms with Crippen molar-refractivity contribution in [2.24, 2.45) is 5.92 Å². The molecule has 1 aromatic rings. The first-order valence-corrected chi connectivity index (χ1v) is 8.36. The zero-order valence-electron chi connectivity index (χ0n) is 12.0. The van der Waals surface area contributed by atoms with Crippen LogP contribution in [0.2, 0.25) is 0 Å². The normalized spacial score (nSPS) is 16.6. The van der Waals surface area contributed by atoms with E-state index in [1.54, 1.807) is 11.4 Å². The van der Waals surface area contributed by atoms with Crippen LogP contribution in [0, 0.1) is 5.92 Å². The average molecular weight is 310 g/mol. The number of thiophene rings is 1. The molecular formula is C15H22N2O3S. The van der Waals surface area contributed by atoms with Gasteiger partial charge in [-0.3, -0.25) is 9.59 Å². The summed E-state index contributed by atoms with van der Waals surface area (Å²) in [5, 5.41) is 19.0. The van der Waals surface area contributed by atoms with E-state index in [2.05, 4.69) is 10.6 Å². The van der Waals surface area contributed by atoms with Gasteiger partial charge in [0.25, 0.3) is 5.91 Å². The summed E-state index contributed by atoms with van der Waals surface area (Å²) in [6, 6.07) is 1.75. The number of aliphatic hydroxyl groups excluding tert-OH is 1. The fourth-order valence-corrected chi connectivity index (χ4v) is 3.24. The summed E-state index contributed by atoms with van der Waals surface area (Å²) >= 11 is 1.46. The first kappa shape index (κ1) is 16.0. The second-order valence-electron chi connectivity index (χ2n) is 5.43. The Morgan fingerprint density at radius 2 is 2.10 bits per heavy atom. The quantitative estimate of drug-likeness (QED) is 0.715. The predicted octanol–water partition coefficient (Wildman–Crippen LogP) is 1.54. The van der Waals surface area contributed by atoms with E-state index in [0.717, 1.165) is 12.8 Å². The van der Waals surface area contributed by atoms with E-state index in [-0.39, 0.29) is 18.2 Å². The van der Waals surface area contributed by atoms with Crippen LogP contribution in [0.1, 0.15) is 42.5 Å². The molecule has 2 amide bonds. The van der Waals surface area contributed by atoms with E-state index < -0.39 is 6.10 Å². The van der Waals surface area contributed by atoms with Crippen LogP contribution in [0.15, 0.2) is 16.8 Å². The second-order valence-corrected chi connectivity index (χ2v) is 6.21. The van der Waals surface area contributed by atoms with Gasteiger partial charge in [-0.1, -0.05) is 12.8 Å². The molecule has 0 spiro atoms. The average Bonchev–Trinajstić information content (AvgIpc) is 3.16. The summed E-state index contributed by atoms with van der Waals surface area (Å²) in [6.45, 7) is 0.613. The molecule has 1 aromatic heterocycles. The minimum absolute atomic E-state index is 0.141. The lowest BCUT2D eigenvalue weighted by Crippen LogP contribution is -2.37. The number of rotatable bonds is 7. The van der Waals surface area contributed by atoms with Crippen molar-refractivity contribution in [1.29, 1.82) is 0 Å². The minimum Gasteiger partial charge on any atom is -0.391 e. The largest absolute Gasteiger partial charge is 0.391 e. The minimum atomic E-state index is -0.447. The summed E-state index contributed by atoms with van der Waals surface area (Å²) in [6.07, 6.45) is 4.22. The molecule has 1 unspecified atom stereocenters. The molecule has 1 aliphatic carbocycles. The number of amides is 2. The number of aliphatic hydroxyl groups is 1. The summed E-state index contributed by atoms with van der Waals surface area (Å²) in [5.41, 5.74) is 0.622. The number of hydrogen-bond acceptors (Lipinski definition) is 4. The predicted molar refractivity (Wildman–Crippen MR) is 82.2 cm³/mol. The fourth-order valence-electron chi connectivity index (χ4n) is 2.60. The van der Waals surface area contributed by atoms with Crippen LogP contribution in [-0.2, 0) is 4.79 Å². The monoisotopic (exact) mass is 310 g/mol. The molecule has 1 saturated carbocycles. The summed E-state index contributed by atoms with van der Waals surface area (Å²) in [7, 11) is 0. The van der Waals surface area contributed by atoms with Crippen molar-refractivity contribution >= 4 is 23.2 Å². The van der Waals surface area contributed by atoms with Crippen LogP contribution in [0.25, 0.3) is 0 Å². The zero-order valence-corrected chi connectivity index (χ0v) is 12.8. The Labute approximate surface area is 128 Å². The maximum Gasteiger partial charge on any atom is 0.252 e. The molecule has 0 saturated heterocycles. The SMILES string of the molecule is O=C(CCNC(=O)c1ccsc1)NCC(O)C1CCCC1. The van der Waals surface area contributed by atoms with Crippen molar-refractivity contribution in [2.75, 3.05) is 13.1 Å². The van der Waals surface area contributed by atoms with E-state index in [4.69, 9.17) is 0 Å². The van der Waals surface area contributed by atoms with E-state index >= 15 is 0 Å². The van der Waals surface area contributed by atoms with Crippen molar-refractivity contribution in [1.82, 2.24) is 10.6 Å². The molecule has 1 aliphatic rings. The van der Waals surface area contributed by atoms with Crippen molar-refractivity contribution in [3.8, 4) is 0 Å². The third-order valence-corrected chi connectivity index (χ3v) is 4.56. The summed E-state index contributed by atoms with van der Waals surface area (Å²) < 4.78 is 0. The molecule has 0 radical (unpaired) electrons. The maximum atomic E-state index is 11.7. The fraction of sp³-hybridized carbons (Fsp3) is 0.600. The van der Waals surface area contributed by atoms with E-state index in [0.29, 0.717) is 24.6 Å². The third kappa shape index (κ3) is 5.13. The van der Waals surface area contributed by atoms with Gasteiger partial charge in [-0.25, -0.2) is 0 Å². The van der Waals surface area contributed by atoms with Crippen LogP contribution in [0.5, 0.6) is 0 Å². The van der Waals surface area contributed by atoms with Gasteiger partial charge in [0.05, 0.1) is 6.10 Å². The van der Waals surface area contributed by atoms with Gasteiger partial charge in [-0.2, -0.15) is 11.3 Å². The highest BCUT2D eigenvalue weighted by Gasteiger charge is 2.23. The third-order valence-electron chi connectivity index (χ3n) is 3.87. The van der Waals surface area contributed by atoms with Crippen LogP contribution in [0.3, 0.4) is 0 Å². The number of hydrogen-bond donors (Lipinski definition) is 3. The summed E-state index contributed by atoms with van der Waals surface area (Å²) in [4.78, 5) is 23.3. The lowest BCUT2D eigenvalue weighted by molar-refractivity contribution is -0.121. The lowest BCUT2D eigenvalue weighted by atomic mass is 10.0. The van der Waals surface area contributed by atoms with Gasteiger partial charge in [0.15, 0.2) is 0 Å². The molecule has 1 fully saturated rings. The van der Waals surface area contributed by atoms with Gasteiger partial charge in [0.2, 0.25) is 5.91 Å². The zero-order chi connectivity index (χ0) is 15.1. The van der Waals surface area contributed by atoms with Crippen molar-refractivity contribution in [2.45, 2.75) is 38.2 Å². The number of carbonyl (C=O) groups is 2. The smallest absolute Gasteiger partial charge is 0.252 e. The molecule has 6 heteroatoms. The van der Waals surface area contributed by atoms with Crippen LogP contribution >= 0.6 is 11.3 Å². The lowest BCUT2D eigenvalue weighted by Gasteiger charge is -2.18. The van der Waals surface area contributed by atoms with Crippen molar-refractivity contribution < 1.29 is 14.7 Å². The molecule has 5 nitrogen and oxygen atoms in total. The Hall–Kier alpha value is -1.40. The van der Waals surface area contributed by atoms with Crippen LogP contribution in [-0.4, -0.2) is 36.1 Å². The Morgan fingerprint density at radius 1 is 1.33 bits per heavy atom. The standard InChI is InChI=1S/C15H22N2O3S/c18-13(11-3-1-2-4-11)9-17-14(19)5-7-16-15(20)12-6-8-21-10-12/h6,8,10-11,13,18H,1-5,7,9H2,(H,16,20)(H,17,19). The van der Waals surface area contributed by atoms with Gasteiger partial charge in [-0.05, 0) is 30.2 Å². The molecule has 21 heavy (non-hydrogen) atoms. The van der Waals surface area contributed by atoms with Gasteiger partial charge in [0.1, 0.15) is 0 Å². The Kier molecular flexibility index (Phi) is 6.20. The first-order chi connectivity index (χ1) is 10.2. The second kappa shape index (κ2) is 8.14. The topological polar surface area (TPSA) is 78.4 Å². The number of carbonyl (C=O) groups excluding carboxylic acids is 2. The summed E-state index contributed by atoms with van der Waals surface area (Å²) in [5.74, 6) is 0.0244. The van der Waals surface area contributed by atoms with Gasteiger partial charge in [-0.15, -0.1) is 0 Å². The molecule has 0 aliphatic heterocycles. The molecule has 0 bridgehead atoms. The molecule has 3 N–H and O–H groups in total. The van der Waals surface area contributed by atoms with Crippen LogP contribution < -0.4 is 10.6 Å². The molecule has 116 valence electrons. The van der Waals surface area contributed by atoms with Crippen molar-refractivity contribution in [3.63, 3.8) is 0 Å². The molecule has 1 heterocycles. The first-order valence-electron chi connectivity index (χ1n) is 7.42. The Balaban J connectivity index is 1.58. The molecule has 1 atom stereocenters. The van der Waals surface area contributed by atoms with Crippen molar-refractivity contribution in [3.05, 3.63) is 22.4 Å². The highest BCUT2D eigenvalue weighted by Crippen LogP contribution is 2.27. The van der Waals surface area contributed by atoms with Crippen LogP contribution in [0.4, 0.5) is 0 Å². The molecular weight excluding hydrogens is 288 g/mol. The highest BCUT2D eigenvalue weighted by atomic mass is 32.1. The number of nitrogens with one attached hydrogen (secondary N) is 2. The van der Waals surface area contributed by atoms with E-state index in [9.17, 15) is 14.7 Å². The Morgan fingerprint density at radius 3 is 2.76 bits per heavy atom. The maximum absolute atomic E-state index is 11.7. The Bertz CT molecular complexity index is 455. The van der Waals surface area contributed by atoms with E-state index in [1.807, 2.05) is 5.38 Å².